The fourth-order valence-corrected chi connectivity index (χ4v) is 2.53. The van der Waals surface area contributed by atoms with Gasteiger partial charge in [-0.05, 0) is 44.2 Å². The molecule has 0 saturated heterocycles. The highest BCUT2D eigenvalue weighted by molar-refractivity contribution is 7.98. The minimum Gasteiger partial charge on any atom is -0.468 e. The summed E-state index contributed by atoms with van der Waals surface area (Å²) in [6.45, 7) is 4.83. The third-order valence-electron chi connectivity index (χ3n) is 2.60. The van der Waals surface area contributed by atoms with Crippen molar-refractivity contribution >= 4 is 11.8 Å². The minimum atomic E-state index is -0.375. The van der Waals surface area contributed by atoms with Crippen molar-refractivity contribution in [2.45, 2.75) is 38.0 Å². The van der Waals surface area contributed by atoms with Gasteiger partial charge in [0.05, 0.1) is 18.1 Å². The first-order chi connectivity index (χ1) is 8.20. The Hall–Kier alpha value is -0.920. The zero-order valence-electron chi connectivity index (χ0n) is 10.5. The Labute approximate surface area is 108 Å². The van der Waals surface area contributed by atoms with Crippen LogP contribution in [0.25, 0.3) is 0 Å². The summed E-state index contributed by atoms with van der Waals surface area (Å²) in [7, 11) is 0. The first-order valence-corrected chi connectivity index (χ1v) is 7.12. The molecule has 0 spiro atoms. The Bertz CT molecular complexity index is 345. The first-order valence-electron chi connectivity index (χ1n) is 5.96. The topological polar surface area (TPSA) is 49.0 Å². The Kier molecular flexibility index (Phi) is 6.17. The molecule has 17 heavy (non-hydrogen) atoms. The van der Waals surface area contributed by atoms with E-state index >= 15 is 0 Å². The fourth-order valence-electron chi connectivity index (χ4n) is 1.67. The lowest BCUT2D eigenvalue weighted by Gasteiger charge is -2.22. The average Bonchev–Trinajstić information content (AvgIpc) is 2.82. The van der Waals surface area contributed by atoms with E-state index in [-0.39, 0.29) is 5.54 Å². The van der Waals surface area contributed by atoms with Gasteiger partial charge < -0.3 is 4.42 Å². The number of thioether (sulfide) groups is 1. The van der Waals surface area contributed by atoms with Crippen LogP contribution in [0.2, 0.25) is 0 Å². The predicted octanol–water partition coefficient (Wildman–Crippen LogP) is 3.18. The molecule has 0 amide bonds. The van der Waals surface area contributed by atoms with Crippen LogP contribution >= 0.6 is 11.8 Å². The van der Waals surface area contributed by atoms with E-state index in [0.29, 0.717) is 0 Å². The molecule has 3 nitrogen and oxygen atoms in total. The van der Waals surface area contributed by atoms with E-state index in [1.165, 1.54) is 0 Å². The number of hydrogen-bond donors (Lipinski definition) is 1. The van der Waals surface area contributed by atoms with Crippen LogP contribution in [0.3, 0.4) is 0 Å². The van der Waals surface area contributed by atoms with E-state index in [1.807, 2.05) is 37.7 Å². The highest BCUT2D eigenvalue weighted by Crippen LogP contribution is 2.17. The molecule has 0 radical (unpaired) electrons. The van der Waals surface area contributed by atoms with Crippen LogP contribution in [0.4, 0.5) is 0 Å². The Morgan fingerprint density at radius 1 is 1.59 bits per heavy atom. The van der Waals surface area contributed by atoms with E-state index in [4.69, 9.17) is 9.68 Å². The second-order valence-electron chi connectivity index (χ2n) is 4.21. The molecule has 1 rings (SSSR count). The SMILES string of the molecule is CCNC(C)(C#N)CCCSCc1ccco1. The van der Waals surface area contributed by atoms with Gasteiger partial charge in [-0.1, -0.05) is 6.92 Å². The predicted molar refractivity (Wildman–Crippen MR) is 71.8 cm³/mol. The van der Waals surface area contributed by atoms with Crippen molar-refractivity contribution in [2.75, 3.05) is 12.3 Å². The summed E-state index contributed by atoms with van der Waals surface area (Å²) >= 11 is 1.85. The lowest BCUT2D eigenvalue weighted by atomic mass is 9.98. The van der Waals surface area contributed by atoms with Gasteiger partial charge in [-0.25, -0.2) is 0 Å². The molecule has 1 aromatic rings. The molecule has 1 aromatic heterocycles. The number of nitriles is 1. The Balaban J connectivity index is 2.13. The van der Waals surface area contributed by atoms with E-state index in [0.717, 1.165) is 36.7 Å². The van der Waals surface area contributed by atoms with Crippen molar-refractivity contribution < 1.29 is 4.42 Å². The van der Waals surface area contributed by atoms with Gasteiger partial charge in [-0.15, -0.1) is 0 Å². The van der Waals surface area contributed by atoms with Gasteiger partial charge in [0.25, 0.3) is 0 Å². The molecule has 1 unspecified atom stereocenters. The van der Waals surface area contributed by atoms with Gasteiger partial charge in [0.15, 0.2) is 0 Å². The van der Waals surface area contributed by atoms with Crippen LogP contribution in [0.1, 0.15) is 32.4 Å². The molecule has 1 N–H and O–H groups in total. The zero-order valence-corrected chi connectivity index (χ0v) is 11.3. The zero-order chi connectivity index (χ0) is 12.6. The van der Waals surface area contributed by atoms with E-state index in [1.54, 1.807) is 6.26 Å². The third-order valence-corrected chi connectivity index (χ3v) is 3.67. The molecule has 0 aromatic carbocycles. The van der Waals surface area contributed by atoms with Crippen molar-refractivity contribution in [2.24, 2.45) is 0 Å². The number of furan rings is 1. The summed E-state index contributed by atoms with van der Waals surface area (Å²) in [6.07, 6.45) is 3.64. The van der Waals surface area contributed by atoms with Crippen molar-refractivity contribution in [1.82, 2.24) is 5.32 Å². The summed E-state index contributed by atoms with van der Waals surface area (Å²) < 4.78 is 5.26. The molecule has 0 aliphatic rings. The van der Waals surface area contributed by atoms with Gasteiger partial charge >= 0.3 is 0 Å². The Morgan fingerprint density at radius 2 is 2.41 bits per heavy atom. The fraction of sp³-hybridized carbons (Fsp3) is 0.615. The van der Waals surface area contributed by atoms with Gasteiger partial charge in [-0.3, -0.25) is 5.32 Å². The molecule has 0 fully saturated rings. The van der Waals surface area contributed by atoms with Gasteiger partial charge in [0.2, 0.25) is 0 Å². The van der Waals surface area contributed by atoms with Gasteiger partial charge in [0, 0.05) is 0 Å². The lowest BCUT2D eigenvalue weighted by molar-refractivity contribution is 0.426. The maximum absolute atomic E-state index is 9.09. The summed E-state index contributed by atoms with van der Waals surface area (Å²) in [5, 5.41) is 12.3. The smallest absolute Gasteiger partial charge is 0.113 e. The van der Waals surface area contributed by atoms with Gasteiger partial charge in [0.1, 0.15) is 11.3 Å². The third kappa shape index (κ3) is 5.29. The monoisotopic (exact) mass is 252 g/mol. The molecule has 0 saturated carbocycles. The molecule has 0 aliphatic carbocycles. The summed E-state index contributed by atoms with van der Waals surface area (Å²) in [6, 6.07) is 6.25. The molecule has 0 aliphatic heterocycles. The highest BCUT2D eigenvalue weighted by atomic mass is 32.2. The molecule has 1 atom stereocenters. The summed E-state index contributed by atoms with van der Waals surface area (Å²) in [4.78, 5) is 0. The van der Waals surface area contributed by atoms with Crippen LogP contribution in [0.5, 0.6) is 0 Å². The van der Waals surface area contributed by atoms with E-state index in [9.17, 15) is 0 Å². The Morgan fingerprint density at radius 3 is 3.00 bits per heavy atom. The quantitative estimate of drug-likeness (QED) is 0.722. The maximum Gasteiger partial charge on any atom is 0.113 e. The highest BCUT2D eigenvalue weighted by Gasteiger charge is 2.21. The lowest BCUT2D eigenvalue weighted by Crippen LogP contribution is -2.40. The van der Waals surface area contributed by atoms with Crippen LogP contribution in [0.15, 0.2) is 22.8 Å². The molecule has 94 valence electrons. The van der Waals surface area contributed by atoms with Crippen molar-refractivity contribution in [3.63, 3.8) is 0 Å². The molecule has 4 heteroatoms. The summed E-state index contributed by atoms with van der Waals surface area (Å²) in [5.41, 5.74) is -0.375. The normalized spacial score (nSPS) is 14.2. The van der Waals surface area contributed by atoms with Crippen LogP contribution in [0, 0.1) is 11.3 Å². The summed E-state index contributed by atoms with van der Waals surface area (Å²) in [5.74, 6) is 2.99. The second kappa shape index (κ2) is 7.41. The number of nitrogens with one attached hydrogen (secondary N) is 1. The van der Waals surface area contributed by atoms with Crippen molar-refractivity contribution in [3.05, 3.63) is 24.2 Å². The molecular formula is C13H20N2OS. The van der Waals surface area contributed by atoms with E-state index in [2.05, 4.69) is 11.4 Å². The first kappa shape index (κ1) is 14.1. The van der Waals surface area contributed by atoms with Crippen molar-refractivity contribution in [1.29, 1.82) is 5.26 Å². The van der Waals surface area contributed by atoms with Crippen molar-refractivity contribution in [3.8, 4) is 6.07 Å². The number of nitrogens with zero attached hydrogens (tertiary/aromatic N) is 1. The standard InChI is InChI=1S/C13H20N2OS/c1-3-15-13(2,11-14)7-5-9-17-10-12-6-4-8-16-12/h4,6,8,15H,3,5,7,9-10H2,1-2H3. The maximum atomic E-state index is 9.09. The van der Waals surface area contributed by atoms with Crippen LogP contribution in [-0.2, 0) is 5.75 Å². The van der Waals surface area contributed by atoms with E-state index < -0.39 is 0 Å². The number of rotatable bonds is 8. The van der Waals surface area contributed by atoms with Gasteiger partial charge in [-0.2, -0.15) is 17.0 Å². The second-order valence-corrected chi connectivity index (χ2v) is 5.31. The van der Waals surface area contributed by atoms with Crippen LogP contribution < -0.4 is 5.32 Å². The largest absolute Gasteiger partial charge is 0.468 e. The molecule has 1 heterocycles. The van der Waals surface area contributed by atoms with Crippen LogP contribution in [-0.4, -0.2) is 17.8 Å². The average molecular weight is 252 g/mol. The minimum absolute atomic E-state index is 0.375. The molecular weight excluding hydrogens is 232 g/mol. The number of hydrogen-bond acceptors (Lipinski definition) is 4. The molecule has 0 bridgehead atoms.